The zero-order chi connectivity index (χ0) is 13.9. The molecule has 0 amide bonds. The number of ether oxygens (including phenoxy) is 1. The molecule has 3 aromatic rings. The van der Waals surface area contributed by atoms with E-state index in [1.807, 2.05) is 18.2 Å². The molecule has 0 atom stereocenters. The van der Waals surface area contributed by atoms with Gasteiger partial charge in [-0.3, -0.25) is 4.98 Å². The van der Waals surface area contributed by atoms with Crippen molar-refractivity contribution in [2.75, 3.05) is 5.73 Å². The number of nitriles is 1. The zero-order valence-electron chi connectivity index (χ0n) is 10.6. The maximum absolute atomic E-state index is 9.09. The van der Waals surface area contributed by atoms with Gasteiger partial charge in [0.05, 0.1) is 16.8 Å². The lowest BCUT2D eigenvalue weighted by Crippen LogP contribution is -1.93. The van der Waals surface area contributed by atoms with Gasteiger partial charge < -0.3 is 10.5 Å². The molecule has 0 saturated heterocycles. The third-order valence-corrected chi connectivity index (χ3v) is 2.99. The molecule has 0 saturated carbocycles. The maximum Gasteiger partial charge on any atom is 0.145 e. The highest BCUT2D eigenvalue weighted by atomic mass is 16.5. The molecule has 0 radical (unpaired) electrons. The highest BCUT2D eigenvalue weighted by Crippen LogP contribution is 2.33. The lowest BCUT2D eigenvalue weighted by atomic mass is 10.1. The maximum atomic E-state index is 9.09. The van der Waals surface area contributed by atoms with Crippen LogP contribution >= 0.6 is 0 Å². The normalized spacial score (nSPS) is 10.2. The van der Waals surface area contributed by atoms with Gasteiger partial charge in [-0.15, -0.1) is 0 Å². The van der Waals surface area contributed by atoms with Crippen LogP contribution in [-0.2, 0) is 0 Å². The highest BCUT2D eigenvalue weighted by molar-refractivity contribution is 5.93. The van der Waals surface area contributed by atoms with Crippen LogP contribution in [0, 0.1) is 11.3 Å². The van der Waals surface area contributed by atoms with E-state index in [1.54, 1.807) is 36.5 Å². The number of benzene rings is 2. The van der Waals surface area contributed by atoms with Crippen LogP contribution in [0.1, 0.15) is 5.56 Å². The van der Waals surface area contributed by atoms with E-state index < -0.39 is 0 Å². The SMILES string of the molecule is N#Cc1ccccc1Oc1ccc(N)c2ncccc12. The number of nitrogens with two attached hydrogens (primary N) is 1. The summed E-state index contributed by atoms with van der Waals surface area (Å²) in [7, 11) is 0. The average molecular weight is 261 g/mol. The van der Waals surface area contributed by atoms with E-state index in [2.05, 4.69) is 11.1 Å². The first-order valence-corrected chi connectivity index (χ1v) is 6.10. The summed E-state index contributed by atoms with van der Waals surface area (Å²) < 4.78 is 5.85. The first-order chi connectivity index (χ1) is 9.79. The van der Waals surface area contributed by atoms with Crippen LogP contribution < -0.4 is 10.5 Å². The van der Waals surface area contributed by atoms with Crippen molar-refractivity contribution in [3.05, 3.63) is 60.3 Å². The molecule has 1 heterocycles. The predicted octanol–water partition coefficient (Wildman–Crippen LogP) is 3.48. The van der Waals surface area contributed by atoms with E-state index in [0.29, 0.717) is 28.3 Å². The Balaban J connectivity index is 2.12. The Labute approximate surface area is 116 Å². The number of para-hydroxylation sites is 1. The van der Waals surface area contributed by atoms with Gasteiger partial charge in [0.15, 0.2) is 0 Å². The molecule has 0 aliphatic heterocycles. The Morgan fingerprint density at radius 1 is 1.00 bits per heavy atom. The van der Waals surface area contributed by atoms with Crippen molar-refractivity contribution in [1.82, 2.24) is 4.98 Å². The summed E-state index contributed by atoms with van der Waals surface area (Å²) in [6, 6.07) is 16.5. The third kappa shape index (κ3) is 2.02. The molecule has 4 heteroatoms. The van der Waals surface area contributed by atoms with Crippen LogP contribution in [0.5, 0.6) is 11.5 Å². The molecule has 0 fully saturated rings. The monoisotopic (exact) mass is 261 g/mol. The number of rotatable bonds is 2. The second kappa shape index (κ2) is 4.90. The van der Waals surface area contributed by atoms with Crippen molar-refractivity contribution >= 4 is 16.6 Å². The number of pyridine rings is 1. The summed E-state index contributed by atoms with van der Waals surface area (Å²) in [5.41, 5.74) is 7.68. The van der Waals surface area contributed by atoms with E-state index in [0.717, 1.165) is 5.39 Å². The van der Waals surface area contributed by atoms with Gasteiger partial charge in [-0.05, 0) is 36.4 Å². The Bertz CT molecular complexity index is 821. The second-order valence-electron chi connectivity index (χ2n) is 4.26. The molecule has 0 bridgehead atoms. The summed E-state index contributed by atoms with van der Waals surface area (Å²) in [4.78, 5) is 4.26. The summed E-state index contributed by atoms with van der Waals surface area (Å²) in [5, 5.41) is 9.91. The fourth-order valence-electron chi connectivity index (χ4n) is 2.02. The number of hydrogen-bond acceptors (Lipinski definition) is 4. The van der Waals surface area contributed by atoms with E-state index >= 15 is 0 Å². The van der Waals surface area contributed by atoms with Crippen molar-refractivity contribution in [2.24, 2.45) is 0 Å². The zero-order valence-corrected chi connectivity index (χ0v) is 10.6. The molecule has 96 valence electrons. The minimum absolute atomic E-state index is 0.487. The number of nitrogens with zero attached hydrogens (tertiary/aromatic N) is 2. The molecule has 0 aliphatic carbocycles. The summed E-state index contributed by atoms with van der Waals surface area (Å²) >= 11 is 0. The van der Waals surface area contributed by atoms with Gasteiger partial charge in [-0.1, -0.05) is 12.1 Å². The molecule has 2 aromatic carbocycles. The van der Waals surface area contributed by atoms with Gasteiger partial charge in [0.25, 0.3) is 0 Å². The number of nitrogen functional groups attached to an aromatic ring is 1. The van der Waals surface area contributed by atoms with Crippen LogP contribution in [0.3, 0.4) is 0 Å². The predicted molar refractivity (Wildman–Crippen MR) is 77.4 cm³/mol. The Morgan fingerprint density at radius 3 is 2.70 bits per heavy atom. The van der Waals surface area contributed by atoms with E-state index in [1.165, 1.54) is 0 Å². The molecular weight excluding hydrogens is 250 g/mol. The van der Waals surface area contributed by atoms with Crippen LogP contribution in [-0.4, -0.2) is 4.98 Å². The molecule has 3 rings (SSSR count). The van der Waals surface area contributed by atoms with E-state index in [9.17, 15) is 0 Å². The highest BCUT2D eigenvalue weighted by Gasteiger charge is 2.09. The molecule has 1 aromatic heterocycles. The number of aromatic nitrogens is 1. The topological polar surface area (TPSA) is 71.9 Å². The summed E-state index contributed by atoms with van der Waals surface area (Å²) in [5.74, 6) is 1.15. The minimum Gasteiger partial charge on any atom is -0.455 e. The molecular formula is C16H11N3O. The lowest BCUT2D eigenvalue weighted by molar-refractivity contribution is 0.486. The average Bonchev–Trinajstić information content (AvgIpc) is 2.51. The van der Waals surface area contributed by atoms with Gasteiger partial charge >= 0.3 is 0 Å². The Morgan fingerprint density at radius 2 is 1.85 bits per heavy atom. The first-order valence-electron chi connectivity index (χ1n) is 6.10. The van der Waals surface area contributed by atoms with Crippen molar-refractivity contribution in [1.29, 1.82) is 5.26 Å². The fraction of sp³-hybridized carbons (Fsp3) is 0. The van der Waals surface area contributed by atoms with Crippen LogP contribution in [0.15, 0.2) is 54.7 Å². The Kier molecular flexibility index (Phi) is 2.94. The van der Waals surface area contributed by atoms with Gasteiger partial charge in [-0.25, -0.2) is 0 Å². The van der Waals surface area contributed by atoms with Crippen molar-refractivity contribution in [2.45, 2.75) is 0 Å². The molecule has 4 nitrogen and oxygen atoms in total. The lowest BCUT2D eigenvalue weighted by Gasteiger charge is -2.10. The molecule has 0 spiro atoms. The molecule has 20 heavy (non-hydrogen) atoms. The van der Waals surface area contributed by atoms with Crippen molar-refractivity contribution in [3.63, 3.8) is 0 Å². The smallest absolute Gasteiger partial charge is 0.145 e. The van der Waals surface area contributed by atoms with E-state index in [-0.39, 0.29) is 0 Å². The minimum atomic E-state index is 0.487. The van der Waals surface area contributed by atoms with Crippen molar-refractivity contribution in [3.8, 4) is 17.6 Å². The molecule has 0 aliphatic rings. The third-order valence-electron chi connectivity index (χ3n) is 2.99. The summed E-state index contributed by atoms with van der Waals surface area (Å²) in [6.45, 7) is 0. The van der Waals surface area contributed by atoms with Crippen molar-refractivity contribution < 1.29 is 4.74 Å². The fourth-order valence-corrected chi connectivity index (χ4v) is 2.02. The van der Waals surface area contributed by atoms with Gasteiger partial charge in [0.2, 0.25) is 0 Å². The molecule has 2 N–H and O–H groups in total. The van der Waals surface area contributed by atoms with Gasteiger partial charge in [0, 0.05) is 11.6 Å². The quantitative estimate of drug-likeness (QED) is 0.717. The first kappa shape index (κ1) is 12.0. The van der Waals surface area contributed by atoms with E-state index in [4.69, 9.17) is 15.7 Å². The number of hydrogen-bond donors (Lipinski definition) is 1. The Hall–Kier alpha value is -3.06. The van der Waals surface area contributed by atoms with Gasteiger partial charge in [0.1, 0.15) is 17.6 Å². The summed E-state index contributed by atoms with van der Waals surface area (Å²) in [6.07, 6.45) is 1.69. The van der Waals surface area contributed by atoms with Gasteiger partial charge in [-0.2, -0.15) is 5.26 Å². The van der Waals surface area contributed by atoms with Crippen LogP contribution in [0.4, 0.5) is 5.69 Å². The largest absolute Gasteiger partial charge is 0.455 e. The standard InChI is InChI=1S/C16H11N3O/c17-10-11-4-1-2-6-14(11)20-15-8-7-13(18)16-12(15)5-3-9-19-16/h1-9H,18H2. The molecule has 0 unspecified atom stereocenters. The number of fused-ring (bicyclic) bond motifs is 1. The number of anilines is 1. The second-order valence-corrected chi connectivity index (χ2v) is 4.26. The van der Waals surface area contributed by atoms with Crippen LogP contribution in [0.2, 0.25) is 0 Å². The van der Waals surface area contributed by atoms with Crippen LogP contribution in [0.25, 0.3) is 10.9 Å².